The number of hydrogen-bond donors (Lipinski definition) is 1. The Morgan fingerprint density at radius 1 is 1.28 bits per heavy atom. The van der Waals surface area contributed by atoms with E-state index in [9.17, 15) is 21.2 Å². The van der Waals surface area contributed by atoms with Gasteiger partial charge in [-0.1, -0.05) is 6.07 Å². The van der Waals surface area contributed by atoms with Crippen LogP contribution in [0, 0.1) is 12.7 Å². The second-order valence-electron chi connectivity index (χ2n) is 6.14. The van der Waals surface area contributed by atoms with Crippen LogP contribution in [0.25, 0.3) is 0 Å². The maximum atomic E-state index is 13.4. The Morgan fingerprint density at radius 2 is 2.04 bits per heavy atom. The van der Waals surface area contributed by atoms with E-state index in [4.69, 9.17) is 0 Å². The molecule has 1 N–H and O–H groups in total. The lowest BCUT2D eigenvalue weighted by atomic mass is 10.2. The Kier molecular flexibility index (Phi) is 5.02. The van der Waals surface area contributed by atoms with E-state index in [0.29, 0.717) is 6.54 Å². The van der Waals surface area contributed by atoms with E-state index >= 15 is 0 Å². The predicted molar refractivity (Wildman–Crippen MR) is 95.7 cm³/mol. The molecule has 0 spiro atoms. The summed E-state index contributed by atoms with van der Waals surface area (Å²) >= 11 is 1.51. The van der Waals surface area contributed by atoms with Crippen LogP contribution in [0.15, 0.2) is 40.6 Å². The Bertz CT molecular complexity index is 969. The number of hydrogen-bond acceptors (Lipinski definition) is 6. The summed E-state index contributed by atoms with van der Waals surface area (Å²) in [6.07, 6.45) is 0. The number of halogens is 1. The molecule has 0 unspecified atom stereocenters. The van der Waals surface area contributed by atoms with Crippen LogP contribution in [-0.2, 0) is 26.2 Å². The number of rotatable bonds is 5. The van der Waals surface area contributed by atoms with Crippen LogP contribution in [0.2, 0.25) is 0 Å². The van der Waals surface area contributed by atoms with Gasteiger partial charge in [-0.15, -0.1) is 11.3 Å². The number of thiophene rings is 1. The first-order valence-corrected chi connectivity index (χ1v) is 11.9. The fourth-order valence-electron chi connectivity index (χ4n) is 2.93. The minimum absolute atomic E-state index is 0.0450. The van der Waals surface area contributed by atoms with Crippen molar-refractivity contribution in [3.8, 4) is 0 Å². The molecule has 2 atom stereocenters. The summed E-state index contributed by atoms with van der Waals surface area (Å²) < 4.78 is 63.4. The molecule has 136 valence electrons. The van der Waals surface area contributed by atoms with E-state index in [1.165, 1.54) is 30.4 Å². The monoisotopic (exact) mass is 403 g/mol. The molecule has 0 saturated carbocycles. The Hall–Kier alpha value is -1.29. The Balaban J connectivity index is 1.89. The molecule has 0 bridgehead atoms. The summed E-state index contributed by atoms with van der Waals surface area (Å²) in [6.45, 7) is 1.89. The molecule has 1 aliphatic rings. The first kappa shape index (κ1) is 18.5. The van der Waals surface area contributed by atoms with Crippen molar-refractivity contribution in [3.63, 3.8) is 0 Å². The fraction of sp³-hybridized carbons (Fsp3) is 0.375. The van der Waals surface area contributed by atoms with Crippen molar-refractivity contribution in [2.75, 3.05) is 11.5 Å². The summed E-state index contributed by atoms with van der Waals surface area (Å²) in [7, 11) is -7.35. The number of aryl methyl sites for hydroxylation is 1. The highest BCUT2D eigenvalue weighted by Crippen LogP contribution is 2.27. The molecule has 9 heteroatoms. The van der Waals surface area contributed by atoms with Crippen LogP contribution >= 0.6 is 11.3 Å². The van der Waals surface area contributed by atoms with E-state index in [1.807, 2.05) is 17.5 Å². The molecule has 1 aromatic carbocycles. The van der Waals surface area contributed by atoms with Crippen LogP contribution in [0.1, 0.15) is 10.4 Å². The van der Waals surface area contributed by atoms with Crippen LogP contribution in [0.3, 0.4) is 0 Å². The molecule has 1 fully saturated rings. The molecule has 5 nitrogen and oxygen atoms in total. The largest absolute Gasteiger partial charge is 0.307 e. The molecule has 0 radical (unpaired) electrons. The molecule has 0 amide bonds. The molecule has 3 rings (SSSR count). The van der Waals surface area contributed by atoms with Gasteiger partial charge in [0.1, 0.15) is 5.82 Å². The maximum Gasteiger partial charge on any atom is 0.183 e. The zero-order chi connectivity index (χ0) is 18.2. The second-order valence-corrected chi connectivity index (χ2v) is 11.5. The molecule has 2 aromatic rings. The zero-order valence-electron chi connectivity index (χ0n) is 13.5. The molecule has 25 heavy (non-hydrogen) atoms. The number of nitrogens with one attached hydrogen (secondary N) is 1. The fourth-order valence-corrected chi connectivity index (χ4v) is 8.38. The van der Waals surface area contributed by atoms with E-state index < -0.39 is 42.5 Å². The van der Waals surface area contributed by atoms with E-state index in [-0.39, 0.29) is 16.2 Å². The first-order chi connectivity index (χ1) is 11.7. The van der Waals surface area contributed by atoms with Gasteiger partial charge in [-0.2, -0.15) is 0 Å². The van der Waals surface area contributed by atoms with Crippen LogP contribution in [-0.4, -0.2) is 39.6 Å². The van der Waals surface area contributed by atoms with Crippen LogP contribution in [0.4, 0.5) is 4.39 Å². The molecule has 1 aliphatic heterocycles. The summed E-state index contributed by atoms with van der Waals surface area (Å²) in [5.41, 5.74) is 0.213. The number of sulfone groups is 2. The highest BCUT2D eigenvalue weighted by Gasteiger charge is 2.45. The summed E-state index contributed by atoms with van der Waals surface area (Å²) in [4.78, 5) is 0.953. The smallest absolute Gasteiger partial charge is 0.183 e. The minimum Gasteiger partial charge on any atom is -0.307 e. The van der Waals surface area contributed by atoms with Crippen LogP contribution in [0.5, 0.6) is 0 Å². The van der Waals surface area contributed by atoms with Gasteiger partial charge in [-0.05, 0) is 42.1 Å². The Morgan fingerprint density at radius 3 is 2.68 bits per heavy atom. The van der Waals surface area contributed by atoms with Crippen molar-refractivity contribution >= 4 is 31.0 Å². The van der Waals surface area contributed by atoms with Gasteiger partial charge in [-0.3, -0.25) is 0 Å². The van der Waals surface area contributed by atoms with Crippen molar-refractivity contribution in [1.82, 2.24) is 5.32 Å². The first-order valence-electron chi connectivity index (χ1n) is 7.65. The molecule has 2 heterocycles. The lowest BCUT2D eigenvalue weighted by molar-refractivity contribution is 0.527. The molecule has 1 saturated heterocycles. The van der Waals surface area contributed by atoms with E-state index in [2.05, 4.69) is 5.32 Å². The predicted octanol–water partition coefficient (Wildman–Crippen LogP) is 1.92. The standard InChI is InChI=1S/C16H18FNO4S3/c1-11-7-13(4-5-14(11)17)25(21,22)16-10-24(19,20)9-15(16)18-8-12-3-2-6-23-12/h2-7,15-16,18H,8-10H2,1H3/t15-,16-/m0/s1. The normalized spacial score (nSPS) is 23.0. The third kappa shape index (κ3) is 3.94. The summed E-state index contributed by atoms with van der Waals surface area (Å²) in [5, 5.41) is 3.89. The Labute approximate surface area is 150 Å². The highest BCUT2D eigenvalue weighted by atomic mass is 32.2. The molecular weight excluding hydrogens is 385 g/mol. The van der Waals surface area contributed by atoms with Gasteiger partial charge in [0.25, 0.3) is 0 Å². The summed E-state index contributed by atoms with van der Waals surface area (Å²) in [6, 6.07) is 6.63. The molecule has 0 aliphatic carbocycles. The summed E-state index contributed by atoms with van der Waals surface area (Å²) in [5.74, 6) is -1.14. The molecular formula is C16H18FNO4S3. The van der Waals surface area contributed by atoms with Crippen LogP contribution < -0.4 is 5.32 Å². The quantitative estimate of drug-likeness (QED) is 0.772. The highest BCUT2D eigenvalue weighted by molar-refractivity contribution is 7.96. The molecule has 1 aromatic heterocycles. The van der Waals surface area contributed by atoms with Gasteiger partial charge in [0.2, 0.25) is 0 Å². The van der Waals surface area contributed by atoms with E-state index in [0.717, 1.165) is 10.9 Å². The van der Waals surface area contributed by atoms with Gasteiger partial charge in [0.15, 0.2) is 19.7 Å². The third-order valence-corrected chi connectivity index (χ3v) is 9.30. The third-order valence-electron chi connectivity index (χ3n) is 4.28. The van der Waals surface area contributed by atoms with Gasteiger partial charge >= 0.3 is 0 Å². The van der Waals surface area contributed by atoms with Crippen molar-refractivity contribution in [3.05, 3.63) is 52.0 Å². The van der Waals surface area contributed by atoms with Gasteiger partial charge in [0, 0.05) is 17.5 Å². The van der Waals surface area contributed by atoms with Gasteiger partial charge in [-0.25, -0.2) is 21.2 Å². The average Bonchev–Trinajstić information content (AvgIpc) is 3.15. The van der Waals surface area contributed by atoms with Crippen molar-refractivity contribution in [2.45, 2.75) is 29.7 Å². The SMILES string of the molecule is Cc1cc(S(=O)(=O)[C@H]2CS(=O)(=O)C[C@@H]2NCc2cccs2)ccc1F. The van der Waals surface area contributed by atoms with Crippen molar-refractivity contribution < 1.29 is 21.2 Å². The second kappa shape index (κ2) is 6.79. The number of benzene rings is 1. The van der Waals surface area contributed by atoms with Gasteiger partial charge < -0.3 is 5.32 Å². The minimum atomic E-state index is -3.89. The maximum absolute atomic E-state index is 13.4. The van der Waals surface area contributed by atoms with E-state index in [1.54, 1.807) is 0 Å². The lowest BCUT2D eigenvalue weighted by Gasteiger charge is -2.20. The zero-order valence-corrected chi connectivity index (χ0v) is 15.9. The van der Waals surface area contributed by atoms with Gasteiger partial charge in [0.05, 0.1) is 21.7 Å². The lowest BCUT2D eigenvalue weighted by Crippen LogP contribution is -2.42. The average molecular weight is 404 g/mol. The van der Waals surface area contributed by atoms with Crippen molar-refractivity contribution in [1.29, 1.82) is 0 Å². The van der Waals surface area contributed by atoms with Crippen molar-refractivity contribution in [2.24, 2.45) is 0 Å². The topological polar surface area (TPSA) is 80.3 Å².